The third-order valence-electron chi connectivity index (χ3n) is 5.57. The minimum Gasteiger partial charge on any atom is -0.303 e. The number of benzene rings is 2. The molecule has 3 heterocycles. The van der Waals surface area contributed by atoms with Crippen LogP contribution in [0, 0.1) is 6.92 Å². The molecule has 6 heteroatoms. The zero-order valence-corrected chi connectivity index (χ0v) is 15.5. The van der Waals surface area contributed by atoms with Gasteiger partial charge in [0.2, 0.25) is 0 Å². The first-order chi connectivity index (χ1) is 13.2. The molecule has 6 rings (SSSR count). The summed E-state index contributed by atoms with van der Waals surface area (Å²) in [6, 6.07) is 10.9. The van der Waals surface area contributed by atoms with Crippen LogP contribution in [-0.2, 0) is 0 Å². The Morgan fingerprint density at radius 3 is 2.96 bits per heavy atom. The molecule has 27 heavy (non-hydrogen) atoms. The standard InChI is InChI=1S/C21H16N4OS/c1-11-15(12-2-7-17-13(8-12)9-23-24-17)5-6-16-19(11)25(14-3-4-14)21(26)18-20(16)27-10-22-18/h2,5-10,14H,3-4H2,1H3,(H,23,24). The summed E-state index contributed by atoms with van der Waals surface area (Å²) in [6.45, 7) is 2.13. The van der Waals surface area contributed by atoms with Gasteiger partial charge in [-0.3, -0.25) is 9.89 Å². The summed E-state index contributed by atoms with van der Waals surface area (Å²) in [5.41, 5.74) is 7.96. The molecule has 0 radical (unpaired) electrons. The van der Waals surface area contributed by atoms with Crippen LogP contribution in [0.1, 0.15) is 24.4 Å². The van der Waals surface area contributed by atoms with E-state index in [9.17, 15) is 4.79 Å². The number of aromatic nitrogens is 4. The van der Waals surface area contributed by atoms with Gasteiger partial charge in [-0.15, -0.1) is 11.3 Å². The lowest BCUT2D eigenvalue weighted by molar-refractivity contribution is 0.743. The van der Waals surface area contributed by atoms with Gasteiger partial charge in [-0.25, -0.2) is 4.98 Å². The van der Waals surface area contributed by atoms with Crippen LogP contribution < -0.4 is 5.56 Å². The molecular formula is C21H16N4OS. The van der Waals surface area contributed by atoms with Gasteiger partial charge in [0.1, 0.15) is 5.52 Å². The Hall–Kier alpha value is -2.99. The quantitative estimate of drug-likeness (QED) is 0.484. The molecule has 1 fully saturated rings. The summed E-state index contributed by atoms with van der Waals surface area (Å²) in [7, 11) is 0. The summed E-state index contributed by atoms with van der Waals surface area (Å²) in [5.74, 6) is 0. The summed E-state index contributed by atoms with van der Waals surface area (Å²) < 4.78 is 2.99. The van der Waals surface area contributed by atoms with Crippen LogP contribution in [0.5, 0.6) is 0 Å². The largest absolute Gasteiger partial charge is 0.303 e. The number of hydrogen-bond acceptors (Lipinski definition) is 4. The lowest BCUT2D eigenvalue weighted by Gasteiger charge is -2.16. The molecule has 1 aliphatic rings. The maximum absolute atomic E-state index is 13.1. The first kappa shape index (κ1) is 15.1. The Labute approximate surface area is 158 Å². The van der Waals surface area contributed by atoms with Gasteiger partial charge in [0.05, 0.1) is 27.4 Å². The maximum Gasteiger partial charge on any atom is 0.278 e. The molecule has 5 nitrogen and oxygen atoms in total. The molecule has 0 saturated heterocycles. The molecule has 132 valence electrons. The summed E-state index contributed by atoms with van der Waals surface area (Å²) in [4.78, 5) is 17.5. The number of hydrogen-bond donors (Lipinski definition) is 1. The average Bonchev–Trinajstić information content (AvgIpc) is 3.19. The van der Waals surface area contributed by atoms with E-state index in [1.54, 1.807) is 16.8 Å². The molecule has 2 aromatic carbocycles. The molecular weight excluding hydrogens is 356 g/mol. The van der Waals surface area contributed by atoms with E-state index in [0.29, 0.717) is 11.6 Å². The van der Waals surface area contributed by atoms with Crippen LogP contribution in [0.4, 0.5) is 0 Å². The van der Waals surface area contributed by atoms with Gasteiger partial charge >= 0.3 is 0 Å². The van der Waals surface area contributed by atoms with E-state index in [1.807, 2.05) is 10.8 Å². The average molecular weight is 372 g/mol. The number of aryl methyl sites for hydroxylation is 1. The number of H-pyrrole nitrogens is 1. The molecule has 0 bridgehead atoms. The Bertz CT molecular complexity index is 1420. The summed E-state index contributed by atoms with van der Waals surface area (Å²) in [6.07, 6.45) is 3.97. The molecule has 0 amide bonds. The van der Waals surface area contributed by atoms with Crippen molar-refractivity contribution >= 4 is 43.4 Å². The van der Waals surface area contributed by atoms with Gasteiger partial charge in [0, 0.05) is 16.8 Å². The van der Waals surface area contributed by atoms with Gasteiger partial charge in [0.15, 0.2) is 0 Å². The summed E-state index contributed by atoms with van der Waals surface area (Å²) in [5, 5.41) is 9.33. The Morgan fingerprint density at radius 1 is 1.22 bits per heavy atom. The highest BCUT2D eigenvalue weighted by molar-refractivity contribution is 7.17. The van der Waals surface area contributed by atoms with Crippen LogP contribution in [0.2, 0.25) is 0 Å². The zero-order chi connectivity index (χ0) is 18.1. The van der Waals surface area contributed by atoms with E-state index in [4.69, 9.17) is 0 Å². The first-order valence-corrected chi connectivity index (χ1v) is 9.95. The number of rotatable bonds is 2. The van der Waals surface area contributed by atoms with Crippen LogP contribution >= 0.6 is 11.3 Å². The van der Waals surface area contributed by atoms with Crippen molar-refractivity contribution in [3.63, 3.8) is 0 Å². The molecule has 5 aromatic rings. The van der Waals surface area contributed by atoms with Crippen LogP contribution in [-0.4, -0.2) is 19.7 Å². The van der Waals surface area contributed by atoms with Crippen LogP contribution in [0.3, 0.4) is 0 Å². The Kier molecular flexibility index (Phi) is 2.95. The Balaban J connectivity index is 1.73. The van der Waals surface area contributed by atoms with Crippen molar-refractivity contribution in [1.29, 1.82) is 0 Å². The molecule has 0 spiro atoms. The normalized spacial score (nSPS) is 14.6. The summed E-state index contributed by atoms with van der Waals surface area (Å²) >= 11 is 1.55. The first-order valence-electron chi connectivity index (χ1n) is 9.07. The molecule has 1 aliphatic carbocycles. The van der Waals surface area contributed by atoms with Crippen LogP contribution in [0.25, 0.3) is 43.1 Å². The van der Waals surface area contributed by atoms with Crippen LogP contribution in [0.15, 0.2) is 46.8 Å². The predicted molar refractivity (Wildman–Crippen MR) is 109 cm³/mol. The van der Waals surface area contributed by atoms with Gasteiger partial charge in [-0.1, -0.05) is 18.2 Å². The van der Waals surface area contributed by atoms with Crippen molar-refractivity contribution in [3.8, 4) is 11.1 Å². The van der Waals surface area contributed by atoms with Crippen molar-refractivity contribution in [2.75, 3.05) is 0 Å². The highest BCUT2D eigenvalue weighted by atomic mass is 32.1. The van der Waals surface area contributed by atoms with E-state index in [1.165, 1.54) is 0 Å². The molecule has 1 saturated carbocycles. The highest BCUT2D eigenvalue weighted by Crippen LogP contribution is 2.40. The second-order valence-electron chi connectivity index (χ2n) is 7.24. The number of aromatic amines is 1. The minimum atomic E-state index is 0.0480. The second-order valence-corrected chi connectivity index (χ2v) is 8.10. The van der Waals surface area contributed by atoms with E-state index < -0.39 is 0 Å². The van der Waals surface area contributed by atoms with E-state index in [2.05, 4.69) is 52.4 Å². The molecule has 0 unspecified atom stereocenters. The predicted octanol–water partition coefficient (Wildman–Crippen LogP) is 4.80. The van der Waals surface area contributed by atoms with Crippen molar-refractivity contribution in [2.45, 2.75) is 25.8 Å². The topological polar surface area (TPSA) is 63.6 Å². The smallest absolute Gasteiger partial charge is 0.278 e. The number of thiazole rings is 1. The molecule has 0 aliphatic heterocycles. The third-order valence-corrected chi connectivity index (χ3v) is 6.43. The van der Waals surface area contributed by atoms with Crippen molar-refractivity contribution in [2.24, 2.45) is 0 Å². The second kappa shape index (κ2) is 5.27. The maximum atomic E-state index is 13.1. The van der Waals surface area contributed by atoms with E-state index in [-0.39, 0.29) is 5.56 Å². The number of pyridine rings is 1. The van der Waals surface area contributed by atoms with E-state index in [0.717, 1.165) is 56.0 Å². The SMILES string of the molecule is Cc1c(-c2ccc3[nH]ncc3c2)ccc2c3scnc3c(=O)n(C3CC3)c12. The lowest BCUT2D eigenvalue weighted by atomic mass is 9.96. The monoisotopic (exact) mass is 372 g/mol. The van der Waals surface area contributed by atoms with Crippen molar-refractivity contribution < 1.29 is 0 Å². The van der Waals surface area contributed by atoms with Gasteiger partial charge in [-0.05, 0) is 48.6 Å². The fourth-order valence-corrected chi connectivity index (χ4v) is 4.91. The molecule has 1 N–H and O–H groups in total. The zero-order valence-electron chi connectivity index (χ0n) is 14.7. The third kappa shape index (κ3) is 2.07. The fourth-order valence-electron chi connectivity index (χ4n) is 4.10. The molecule has 3 aromatic heterocycles. The Morgan fingerprint density at radius 2 is 2.11 bits per heavy atom. The molecule has 0 atom stereocenters. The van der Waals surface area contributed by atoms with Crippen molar-refractivity contribution in [3.05, 3.63) is 58.0 Å². The van der Waals surface area contributed by atoms with Gasteiger partial charge in [-0.2, -0.15) is 5.10 Å². The lowest BCUT2D eigenvalue weighted by Crippen LogP contribution is -2.20. The van der Waals surface area contributed by atoms with Gasteiger partial charge in [0.25, 0.3) is 5.56 Å². The van der Waals surface area contributed by atoms with Gasteiger partial charge < -0.3 is 4.57 Å². The number of nitrogens with zero attached hydrogens (tertiary/aromatic N) is 3. The number of fused-ring (bicyclic) bond motifs is 4. The number of nitrogens with one attached hydrogen (secondary N) is 1. The highest BCUT2D eigenvalue weighted by Gasteiger charge is 2.29. The fraction of sp³-hybridized carbons (Fsp3) is 0.190. The van der Waals surface area contributed by atoms with Crippen molar-refractivity contribution in [1.82, 2.24) is 19.7 Å². The van der Waals surface area contributed by atoms with E-state index >= 15 is 0 Å². The minimum absolute atomic E-state index is 0.0480.